The average molecular weight is 311 g/mol. The van der Waals surface area contributed by atoms with Gasteiger partial charge in [0.25, 0.3) is 0 Å². The molecule has 2 aromatic carbocycles. The molecule has 1 saturated heterocycles. The molecule has 23 heavy (non-hydrogen) atoms. The molecule has 1 aliphatic heterocycles. The maximum atomic E-state index is 11.9. The van der Waals surface area contributed by atoms with E-state index in [0.29, 0.717) is 6.54 Å². The zero-order chi connectivity index (χ0) is 16.1. The van der Waals surface area contributed by atoms with Gasteiger partial charge in [-0.25, -0.2) is 9.59 Å². The second-order valence-corrected chi connectivity index (χ2v) is 5.30. The first-order valence-electron chi connectivity index (χ1n) is 7.42. The monoisotopic (exact) mass is 311 g/mol. The van der Waals surface area contributed by atoms with Crippen molar-refractivity contribution in [3.63, 3.8) is 0 Å². The third kappa shape index (κ3) is 4.10. The highest BCUT2D eigenvalue weighted by Gasteiger charge is 2.46. The van der Waals surface area contributed by atoms with Gasteiger partial charge in [-0.1, -0.05) is 60.7 Å². The molecule has 0 saturated carbocycles. The lowest BCUT2D eigenvalue weighted by molar-refractivity contribution is -0.145. The fraction of sp³-hybridized carbons (Fsp3) is 0.222. The second-order valence-electron chi connectivity index (χ2n) is 5.30. The van der Waals surface area contributed by atoms with E-state index in [1.54, 1.807) is 0 Å². The van der Waals surface area contributed by atoms with E-state index in [1.807, 2.05) is 60.7 Å². The molecular weight excluding hydrogens is 294 g/mol. The van der Waals surface area contributed by atoms with Crippen LogP contribution in [0.15, 0.2) is 60.7 Å². The van der Waals surface area contributed by atoms with E-state index in [4.69, 9.17) is 9.47 Å². The second kappa shape index (κ2) is 6.96. The SMILES string of the molecule is O=C(OCc1ccccc1)[C@H]1CN1C(=O)OCc1ccccc1. The van der Waals surface area contributed by atoms with Gasteiger partial charge < -0.3 is 9.47 Å². The van der Waals surface area contributed by atoms with Crippen molar-refractivity contribution in [1.82, 2.24) is 4.90 Å². The number of carbonyl (C=O) groups excluding carboxylic acids is 2. The highest BCUT2D eigenvalue weighted by molar-refractivity contribution is 5.86. The maximum Gasteiger partial charge on any atom is 0.411 e. The average Bonchev–Trinajstić information content (AvgIpc) is 3.40. The smallest absolute Gasteiger partial charge is 0.411 e. The molecule has 2 aromatic rings. The van der Waals surface area contributed by atoms with Crippen molar-refractivity contribution < 1.29 is 19.1 Å². The fourth-order valence-electron chi connectivity index (χ4n) is 2.17. The Bertz CT molecular complexity index is 612. The molecule has 1 heterocycles. The highest BCUT2D eigenvalue weighted by atomic mass is 16.6. The molecule has 1 amide bonds. The molecule has 118 valence electrons. The molecule has 0 bridgehead atoms. The van der Waals surface area contributed by atoms with Crippen molar-refractivity contribution in [2.75, 3.05) is 6.54 Å². The molecule has 3 rings (SSSR count). The third-order valence-electron chi connectivity index (χ3n) is 3.55. The number of carbonyl (C=O) groups is 2. The molecule has 0 spiro atoms. The first-order valence-corrected chi connectivity index (χ1v) is 7.42. The molecule has 1 aliphatic rings. The van der Waals surface area contributed by atoms with Gasteiger partial charge in [-0.15, -0.1) is 0 Å². The lowest BCUT2D eigenvalue weighted by Gasteiger charge is -2.07. The summed E-state index contributed by atoms with van der Waals surface area (Å²) >= 11 is 0. The van der Waals surface area contributed by atoms with E-state index in [-0.39, 0.29) is 13.2 Å². The third-order valence-corrected chi connectivity index (χ3v) is 3.55. The van der Waals surface area contributed by atoms with Crippen LogP contribution in [-0.4, -0.2) is 29.5 Å². The summed E-state index contributed by atoms with van der Waals surface area (Å²) in [7, 11) is 0. The minimum absolute atomic E-state index is 0.196. The summed E-state index contributed by atoms with van der Waals surface area (Å²) in [6, 6.07) is 18.3. The minimum atomic E-state index is -0.526. The van der Waals surface area contributed by atoms with E-state index >= 15 is 0 Å². The topological polar surface area (TPSA) is 55.6 Å². The number of hydrogen-bond donors (Lipinski definition) is 0. The predicted molar refractivity (Wildman–Crippen MR) is 83.4 cm³/mol. The zero-order valence-corrected chi connectivity index (χ0v) is 12.6. The van der Waals surface area contributed by atoms with Gasteiger partial charge in [0.05, 0.1) is 6.54 Å². The van der Waals surface area contributed by atoms with Crippen LogP contribution in [-0.2, 0) is 27.5 Å². The van der Waals surface area contributed by atoms with Gasteiger partial charge in [-0.05, 0) is 11.1 Å². The largest absolute Gasteiger partial charge is 0.459 e. The van der Waals surface area contributed by atoms with Crippen LogP contribution in [0.25, 0.3) is 0 Å². The molecule has 1 atom stereocenters. The molecule has 0 unspecified atom stereocenters. The number of hydrogen-bond acceptors (Lipinski definition) is 4. The summed E-state index contributed by atoms with van der Waals surface area (Å²) in [4.78, 5) is 25.1. The van der Waals surface area contributed by atoms with Gasteiger partial charge in [0.2, 0.25) is 0 Å². The number of nitrogens with zero attached hydrogens (tertiary/aromatic N) is 1. The lowest BCUT2D eigenvalue weighted by atomic mass is 10.2. The van der Waals surface area contributed by atoms with E-state index in [2.05, 4.69) is 0 Å². The Labute approximate surface area is 134 Å². The van der Waals surface area contributed by atoms with Crippen LogP contribution in [0.5, 0.6) is 0 Å². The molecular formula is C18H17NO4. The van der Waals surface area contributed by atoms with E-state index in [1.165, 1.54) is 4.90 Å². The van der Waals surface area contributed by atoms with E-state index < -0.39 is 18.1 Å². The van der Waals surface area contributed by atoms with Crippen molar-refractivity contribution in [1.29, 1.82) is 0 Å². The summed E-state index contributed by atoms with van der Waals surface area (Å²) in [5.74, 6) is -0.398. The van der Waals surface area contributed by atoms with Crippen molar-refractivity contribution in [2.24, 2.45) is 0 Å². The van der Waals surface area contributed by atoms with Crippen LogP contribution >= 0.6 is 0 Å². The minimum Gasteiger partial charge on any atom is -0.459 e. The Morgan fingerprint density at radius 3 is 1.96 bits per heavy atom. The van der Waals surface area contributed by atoms with Gasteiger partial charge in [-0.2, -0.15) is 0 Å². The summed E-state index contributed by atoms with van der Waals surface area (Å²) in [5, 5.41) is 0. The molecule has 0 N–H and O–H groups in total. The van der Waals surface area contributed by atoms with Gasteiger partial charge in [0.1, 0.15) is 13.2 Å². The molecule has 5 nitrogen and oxygen atoms in total. The standard InChI is InChI=1S/C18H17NO4/c20-17(22-12-14-7-3-1-4-8-14)16-11-19(16)18(21)23-13-15-9-5-2-6-10-15/h1-10,16H,11-13H2/t16-,19?/m1/s1. The quantitative estimate of drug-likeness (QED) is 0.629. The van der Waals surface area contributed by atoms with Crippen LogP contribution in [0, 0.1) is 0 Å². The maximum absolute atomic E-state index is 11.9. The molecule has 5 heteroatoms. The van der Waals surface area contributed by atoms with Crippen molar-refractivity contribution in [3.05, 3.63) is 71.8 Å². The molecule has 0 radical (unpaired) electrons. The van der Waals surface area contributed by atoms with E-state index in [0.717, 1.165) is 11.1 Å². The van der Waals surface area contributed by atoms with Crippen LogP contribution in [0.4, 0.5) is 4.79 Å². The fourth-order valence-corrected chi connectivity index (χ4v) is 2.17. The number of esters is 1. The summed E-state index contributed by atoms with van der Waals surface area (Å²) in [6.07, 6.45) is -0.490. The van der Waals surface area contributed by atoms with Crippen LogP contribution in [0.1, 0.15) is 11.1 Å². The van der Waals surface area contributed by atoms with Gasteiger partial charge in [-0.3, -0.25) is 4.90 Å². The Balaban J connectivity index is 1.41. The van der Waals surface area contributed by atoms with Crippen LogP contribution in [0.3, 0.4) is 0 Å². The van der Waals surface area contributed by atoms with Crippen LogP contribution < -0.4 is 0 Å². The van der Waals surface area contributed by atoms with Crippen molar-refractivity contribution >= 4 is 12.1 Å². The van der Waals surface area contributed by atoms with Gasteiger partial charge >= 0.3 is 12.1 Å². The lowest BCUT2D eigenvalue weighted by Crippen LogP contribution is -2.21. The number of benzene rings is 2. The summed E-state index contributed by atoms with van der Waals surface area (Å²) in [5.41, 5.74) is 1.82. The first kappa shape index (κ1) is 15.1. The Hall–Kier alpha value is -2.82. The molecule has 0 aromatic heterocycles. The van der Waals surface area contributed by atoms with E-state index in [9.17, 15) is 9.59 Å². The normalized spacial score (nSPS) is 15.8. The summed E-state index contributed by atoms with van der Waals surface area (Å²) < 4.78 is 10.4. The van der Waals surface area contributed by atoms with Crippen LogP contribution in [0.2, 0.25) is 0 Å². The van der Waals surface area contributed by atoms with Gasteiger partial charge in [0, 0.05) is 0 Å². The Morgan fingerprint density at radius 1 is 0.870 bits per heavy atom. The molecule has 0 aliphatic carbocycles. The molecule has 1 fully saturated rings. The number of ether oxygens (including phenoxy) is 2. The zero-order valence-electron chi connectivity index (χ0n) is 12.6. The Kier molecular flexibility index (Phi) is 4.57. The van der Waals surface area contributed by atoms with Crippen molar-refractivity contribution in [2.45, 2.75) is 19.3 Å². The van der Waals surface area contributed by atoms with Gasteiger partial charge in [0.15, 0.2) is 6.04 Å². The first-order chi connectivity index (χ1) is 11.2. The number of rotatable bonds is 5. The highest BCUT2D eigenvalue weighted by Crippen LogP contribution is 2.21. The van der Waals surface area contributed by atoms with Crippen molar-refractivity contribution in [3.8, 4) is 0 Å². The Morgan fingerprint density at radius 2 is 1.39 bits per heavy atom. The summed E-state index contributed by atoms with van der Waals surface area (Å²) in [6.45, 7) is 0.756. The number of amides is 1. The predicted octanol–water partition coefficient (Wildman–Crippen LogP) is 2.75.